The number of hydrogen-bond acceptors (Lipinski definition) is 4. The minimum absolute atomic E-state index is 0.0644. The summed E-state index contributed by atoms with van der Waals surface area (Å²) in [7, 11) is 3.18. The Labute approximate surface area is 185 Å². The molecule has 2 aromatic rings. The molecule has 0 aliphatic rings. The quantitative estimate of drug-likeness (QED) is 0.590. The van der Waals surface area contributed by atoms with E-state index >= 15 is 0 Å². The van der Waals surface area contributed by atoms with Gasteiger partial charge in [0.1, 0.15) is 6.04 Å². The number of carbonyl (C=O) groups is 2. The van der Waals surface area contributed by atoms with Crippen molar-refractivity contribution in [3.8, 4) is 11.5 Å². The van der Waals surface area contributed by atoms with Crippen LogP contribution in [0.1, 0.15) is 44.7 Å². The van der Waals surface area contributed by atoms with E-state index < -0.39 is 6.04 Å². The summed E-state index contributed by atoms with van der Waals surface area (Å²) in [4.78, 5) is 27.6. The third-order valence-electron chi connectivity index (χ3n) is 5.44. The van der Waals surface area contributed by atoms with Crippen molar-refractivity contribution in [3.63, 3.8) is 0 Å². The SMILES string of the molecule is CC[C@@H](C)NC(=O)[C@@H](C)N(Cc1ccccc1)C(=O)CCc1ccc(OC)c(OC)c1. The zero-order valence-corrected chi connectivity index (χ0v) is 19.2. The van der Waals surface area contributed by atoms with Crippen LogP contribution in [0.5, 0.6) is 11.5 Å². The molecule has 0 fully saturated rings. The number of nitrogens with one attached hydrogen (secondary N) is 1. The van der Waals surface area contributed by atoms with Crippen LogP contribution in [0.4, 0.5) is 0 Å². The lowest BCUT2D eigenvalue weighted by Crippen LogP contribution is -2.49. The van der Waals surface area contributed by atoms with E-state index in [9.17, 15) is 9.59 Å². The highest BCUT2D eigenvalue weighted by atomic mass is 16.5. The molecule has 1 N–H and O–H groups in total. The Morgan fingerprint density at radius 1 is 0.968 bits per heavy atom. The van der Waals surface area contributed by atoms with Crippen LogP contribution >= 0.6 is 0 Å². The molecule has 0 radical (unpaired) electrons. The first-order valence-electron chi connectivity index (χ1n) is 10.7. The van der Waals surface area contributed by atoms with E-state index in [-0.39, 0.29) is 17.9 Å². The van der Waals surface area contributed by atoms with Gasteiger partial charge in [-0.25, -0.2) is 0 Å². The van der Waals surface area contributed by atoms with Crippen LogP contribution in [0.25, 0.3) is 0 Å². The molecule has 0 heterocycles. The summed E-state index contributed by atoms with van der Waals surface area (Å²) in [6.07, 6.45) is 1.68. The predicted octanol–water partition coefficient (Wildman–Crippen LogP) is 3.97. The molecule has 168 valence electrons. The second-order valence-corrected chi connectivity index (χ2v) is 7.69. The Hall–Kier alpha value is -3.02. The molecular weight excluding hydrogens is 392 g/mol. The van der Waals surface area contributed by atoms with Gasteiger partial charge in [0, 0.05) is 19.0 Å². The Kier molecular flexibility index (Phi) is 9.38. The summed E-state index contributed by atoms with van der Waals surface area (Å²) >= 11 is 0. The molecule has 2 amide bonds. The third-order valence-corrected chi connectivity index (χ3v) is 5.44. The minimum atomic E-state index is -0.563. The zero-order chi connectivity index (χ0) is 22.8. The highest BCUT2D eigenvalue weighted by molar-refractivity contribution is 5.87. The number of aryl methyl sites for hydroxylation is 1. The maximum atomic E-state index is 13.2. The minimum Gasteiger partial charge on any atom is -0.493 e. The molecule has 2 aromatic carbocycles. The summed E-state index contributed by atoms with van der Waals surface area (Å²) in [5.74, 6) is 1.09. The van der Waals surface area contributed by atoms with Crippen molar-refractivity contribution in [2.24, 2.45) is 0 Å². The van der Waals surface area contributed by atoms with E-state index in [1.807, 2.05) is 62.4 Å². The molecule has 2 atom stereocenters. The molecule has 0 aliphatic carbocycles. The second kappa shape index (κ2) is 12.0. The first-order valence-corrected chi connectivity index (χ1v) is 10.7. The van der Waals surface area contributed by atoms with E-state index in [2.05, 4.69) is 5.32 Å². The van der Waals surface area contributed by atoms with E-state index in [0.717, 1.165) is 17.5 Å². The fourth-order valence-electron chi connectivity index (χ4n) is 3.26. The van der Waals surface area contributed by atoms with Gasteiger partial charge in [-0.15, -0.1) is 0 Å². The van der Waals surface area contributed by atoms with E-state index in [1.54, 1.807) is 26.0 Å². The standard InChI is InChI=1S/C25H34N2O4/c1-6-18(2)26-25(29)19(3)27(17-21-10-8-7-9-11-21)24(28)15-13-20-12-14-22(30-4)23(16-20)31-5/h7-12,14,16,18-19H,6,13,15,17H2,1-5H3,(H,26,29)/t18-,19-/m1/s1. The molecule has 2 rings (SSSR count). The van der Waals surface area contributed by atoms with Crippen LogP contribution in [0.3, 0.4) is 0 Å². The number of ether oxygens (including phenoxy) is 2. The summed E-state index contributed by atoms with van der Waals surface area (Å²) in [6, 6.07) is 14.9. The Morgan fingerprint density at radius 3 is 2.26 bits per heavy atom. The van der Waals surface area contributed by atoms with E-state index in [0.29, 0.717) is 30.9 Å². The lowest BCUT2D eigenvalue weighted by atomic mass is 10.1. The first kappa shape index (κ1) is 24.3. The number of methoxy groups -OCH3 is 2. The smallest absolute Gasteiger partial charge is 0.242 e. The van der Waals surface area contributed by atoms with Crippen molar-refractivity contribution in [1.29, 1.82) is 0 Å². The zero-order valence-electron chi connectivity index (χ0n) is 19.2. The molecule has 6 heteroatoms. The van der Waals surface area contributed by atoms with Gasteiger partial charge in [-0.2, -0.15) is 0 Å². The van der Waals surface area contributed by atoms with Crippen LogP contribution in [0, 0.1) is 0 Å². The lowest BCUT2D eigenvalue weighted by Gasteiger charge is -2.30. The van der Waals surface area contributed by atoms with Crippen LogP contribution in [-0.2, 0) is 22.6 Å². The molecule has 0 aliphatic heterocycles. The van der Waals surface area contributed by atoms with Gasteiger partial charge in [0.25, 0.3) is 0 Å². The summed E-state index contributed by atoms with van der Waals surface area (Å²) in [5, 5.41) is 2.99. The van der Waals surface area contributed by atoms with Crippen LogP contribution < -0.4 is 14.8 Å². The summed E-state index contributed by atoms with van der Waals surface area (Å²) < 4.78 is 10.6. The normalized spacial score (nSPS) is 12.5. The van der Waals surface area contributed by atoms with Crippen LogP contribution in [0.2, 0.25) is 0 Å². The van der Waals surface area contributed by atoms with Gasteiger partial charge in [0.15, 0.2) is 11.5 Å². The maximum Gasteiger partial charge on any atom is 0.242 e. The Balaban J connectivity index is 2.14. The number of nitrogens with zero attached hydrogens (tertiary/aromatic N) is 1. The van der Waals surface area contributed by atoms with Gasteiger partial charge >= 0.3 is 0 Å². The maximum absolute atomic E-state index is 13.2. The molecule has 0 aromatic heterocycles. The number of rotatable bonds is 11. The van der Waals surface area contributed by atoms with Crippen molar-refractivity contribution in [2.75, 3.05) is 14.2 Å². The van der Waals surface area contributed by atoms with E-state index in [1.165, 1.54) is 0 Å². The largest absolute Gasteiger partial charge is 0.493 e. The van der Waals surface area contributed by atoms with Crippen molar-refractivity contribution in [3.05, 3.63) is 59.7 Å². The molecule has 0 unspecified atom stereocenters. The van der Waals surface area contributed by atoms with Crippen molar-refractivity contribution in [2.45, 2.75) is 58.7 Å². The molecule has 31 heavy (non-hydrogen) atoms. The fourth-order valence-corrected chi connectivity index (χ4v) is 3.26. The molecular formula is C25H34N2O4. The van der Waals surface area contributed by atoms with Crippen molar-refractivity contribution < 1.29 is 19.1 Å². The molecule has 0 saturated carbocycles. The predicted molar refractivity (Wildman–Crippen MR) is 122 cm³/mol. The van der Waals surface area contributed by atoms with Gasteiger partial charge in [-0.3, -0.25) is 9.59 Å². The van der Waals surface area contributed by atoms with Crippen LogP contribution in [-0.4, -0.2) is 43.0 Å². The molecule has 0 spiro atoms. The van der Waals surface area contributed by atoms with Gasteiger partial charge in [-0.05, 0) is 49.9 Å². The average molecular weight is 427 g/mol. The highest BCUT2D eigenvalue weighted by Crippen LogP contribution is 2.28. The lowest BCUT2D eigenvalue weighted by molar-refractivity contribution is -0.140. The van der Waals surface area contributed by atoms with Gasteiger partial charge in [0.05, 0.1) is 14.2 Å². The van der Waals surface area contributed by atoms with Crippen molar-refractivity contribution in [1.82, 2.24) is 10.2 Å². The number of benzene rings is 2. The van der Waals surface area contributed by atoms with Gasteiger partial charge < -0.3 is 19.7 Å². The number of carbonyl (C=O) groups excluding carboxylic acids is 2. The average Bonchev–Trinajstić information content (AvgIpc) is 2.80. The molecule has 0 saturated heterocycles. The molecule has 0 bridgehead atoms. The van der Waals surface area contributed by atoms with Gasteiger partial charge in [0.2, 0.25) is 11.8 Å². The Morgan fingerprint density at radius 2 is 1.65 bits per heavy atom. The Bertz CT molecular complexity index is 854. The number of hydrogen-bond donors (Lipinski definition) is 1. The monoisotopic (exact) mass is 426 g/mol. The third kappa shape index (κ3) is 7.02. The second-order valence-electron chi connectivity index (χ2n) is 7.69. The topological polar surface area (TPSA) is 67.9 Å². The van der Waals surface area contributed by atoms with E-state index in [4.69, 9.17) is 9.47 Å². The first-order chi connectivity index (χ1) is 14.9. The van der Waals surface area contributed by atoms with Crippen LogP contribution in [0.15, 0.2) is 48.5 Å². The molecule has 6 nitrogen and oxygen atoms in total. The number of amides is 2. The van der Waals surface area contributed by atoms with Gasteiger partial charge in [-0.1, -0.05) is 43.3 Å². The summed E-state index contributed by atoms with van der Waals surface area (Å²) in [6.45, 7) is 6.16. The van der Waals surface area contributed by atoms with Crippen molar-refractivity contribution >= 4 is 11.8 Å². The highest BCUT2D eigenvalue weighted by Gasteiger charge is 2.26. The fraction of sp³-hybridized carbons (Fsp3) is 0.440. The summed E-state index contributed by atoms with van der Waals surface area (Å²) in [5.41, 5.74) is 1.97.